The van der Waals surface area contributed by atoms with Gasteiger partial charge in [0.25, 0.3) is 0 Å². The normalized spacial score (nSPS) is 19.4. The molecule has 1 aromatic rings. The molecule has 0 fully saturated rings. The minimum absolute atomic E-state index is 0.117. The second-order valence-corrected chi connectivity index (χ2v) is 6.26. The zero-order valence-corrected chi connectivity index (χ0v) is 18.1. The lowest BCUT2D eigenvalue weighted by Crippen LogP contribution is -2.49. The Kier molecular flexibility index (Phi) is 11.7. The summed E-state index contributed by atoms with van der Waals surface area (Å²) in [5.74, 6) is 0.715. The Hall–Kier alpha value is -1.79. The highest BCUT2D eigenvalue weighted by molar-refractivity contribution is 5.80. The number of carbonyl (C=O) groups is 1. The fourth-order valence-electron chi connectivity index (χ4n) is 2.48. The number of hydrogen-bond donors (Lipinski definition) is 2. The average molecular weight is 384 g/mol. The molecule has 0 aromatic heterocycles. The van der Waals surface area contributed by atoms with Crippen molar-refractivity contribution in [2.75, 3.05) is 20.3 Å². The predicted molar refractivity (Wildman–Crippen MR) is 109 cm³/mol. The van der Waals surface area contributed by atoms with Gasteiger partial charge in [-0.05, 0) is 44.9 Å². The number of ether oxygens (including phenoxy) is 3. The highest BCUT2D eigenvalue weighted by Crippen LogP contribution is 2.36. The van der Waals surface area contributed by atoms with Gasteiger partial charge in [0, 0.05) is 12.6 Å². The first-order valence-corrected chi connectivity index (χ1v) is 9.78. The van der Waals surface area contributed by atoms with Gasteiger partial charge in [-0.1, -0.05) is 33.8 Å². The molecule has 1 heterocycles. The van der Waals surface area contributed by atoms with Crippen LogP contribution < -0.4 is 14.8 Å². The molecule has 0 aliphatic carbocycles. The van der Waals surface area contributed by atoms with Crippen molar-refractivity contribution < 1.29 is 24.1 Å². The summed E-state index contributed by atoms with van der Waals surface area (Å²) in [6.07, 6.45) is 0.436. The summed E-state index contributed by atoms with van der Waals surface area (Å²) >= 11 is 0. The largest absolute Gasteiger partial charge is 0.485 e. The molecule has 6 heteroatoms. The summed E-state index contributed by atoms with van der Waals surface area (Å²) < 4.78 is 16.2. The number of aliphatic hydroxyl groups excluding tert-OH is 1. The van der Waals surface area contributed by atoms with Crippen LogP contribution in [0.5, 0.6) is 11.5 Å². The van der Waals surface area contributed by atoms with E-state index in [1.54, 1.807) is 13.8 Å². The molecule has 6 nitrogen and oxygen atoms in total. The zero-order chi connectivity index (χ0) is 21.0. The van der Waals surface area contributed by atoms with Crippen molar-refractivity contribution in [1.82, 2.24) is 5.32 Å². The smallest absolute Gasteiger partial charge is 0.353 e. The first kappa shape index (κ1) is 25.2. The Bertz CT molecular complexity index is 562. The Labute approximate surface area is 164 Å². The van der Waals surface area contributed by atoms with Crippen molar-refractivity contribution in [3.8, 4) is 11.5 Å². The van der Waals surface area contributed by atoms with Gasteiger partial charge in [0.2, 0.25) is 5.60 Å². The molecule has 0 saturated heterocycles. The van der Waals surface area contributed by atoms with Gasteiger partial charge in [0.15, 0.2) is 11.5 Å². The van der Waals surface area contributed by atoms with Crippen LogP contribution in [0.3, 0.4) is 0 Å². The predicted octanol–water partition coefficient (Wildman–Crippen LogP) is 3.34. The molecule has 2 N–H and O–H groups in total. The van der Waals surface area contributed by atoms with E-state index in [0.29, 0.717) is 18.0 Å². The molecule has 1 aromatic carbocycles. The van der Waals surface area contributed by atoms with Gasteiger partial charge in [-0.15, -0.1) is 0 Å². The molecule has 2 unspecified atom stereocenters. The number of benzene rings is 1. The summed E-state index contributed by atoms with van der Waals surface area (Å²) in [5.41, 5.74) is -0.0188. The van der Waals surface area contributed by atoms with Crippen molar-refractivity contribution in [1.29, 1.82) is 0 Å². The summed E-state index contributed by atoms with van der Waals surface area (Å²) in [5, 5.41) is 12.6. The minimum atomic E-state index is -1.12. The molecule has 2 rings (SSSR count). The van der Waals surface area contributed by atoms with Crippen LogP contribution >= 0.6 is 0 Å². The van der Waals surface area contributed by atoms with Gasteiger partial charge in [0.1, 0.15) is 6.61 Å². The lowest BCUT2D eigenvalue weighted by atomic mass is 10.0. The van der Waals surface area contributed by atoms with E-state index in [4.69, 9.17) is 14.2 Å². The number of fused-ring (bicyclic) bond motifs is 1. The summed E-state index contributed by atoms with van der Waals surface area (Å²) in [7, 11) is 1.33. The lowest BCUT2D eigenvalue weighted by molar-refractivity contribution is -0.162. The Morgan fingerprint density at radius 3 is 2.44 bits per heavy atom. The fraction of sp³-hybridized carbons (Fsp3) is 0.667. The first-order valence-electron chi connectivity index (χ1n) is 9.78. The highest BCUT2D eigenvalue weighted by Gasteiger charge is 2.41. The Morgan fingerprint density at radius 1 is 1.26 bits per heavy atom. The van der Waals surface area contributed by atoms with Crippen molar-refractivity contribution in [3.63, 3.8) is 0 Å². The first-order chi connectivity index (χ1) is 12.8. The average Bonchev–Trinajstić information content (AvgIpc) is 2.69. The molecule has 0 bridgehead atoms. The maximum atomic E-state index is 11.8. The van der Waals surface area contributed by atoms with Crippen molar-refractivity contribution in [3.05, 3.63) is 23.8 Å². The number of esters is 1. The maximum absolute atomic E-state index is 11.8. The molecule has 27 heavy (non-hydrogen) atoms. The number of rotatable bonds is 6. The van der Waals surface area contributed by atoms with Gasteiger partial charge in [-0.2, -0.15) is 0 Å². The second-order valence-electron chi connectivity index (χ2n) is 6.26. The van der Waals surface area contributed by atoms with Crippen LogP contribution in [0.15, 0.2) is 18.2 Å². The highest BCUT2D eigenvalue weighted by atomic mass is 16.6. The summed E-state index contributed by atoms with van der Waals surface area (Å²) in [6, 6.07) is 5.91. The lowest BCUT2D eigenvalue weighted by Gasteiger charge is -2.33. The fourth-order valence-corrected chi connectivity index (χ4v) is 2.48. The van der Waals surface area contributed by atoms with Gasteiger partial charge in [-0.25, -0.2) is 4.79 Å². The summed E-state index contributed by atoms with van der Waals surface area (Å²) in [4.78, 5) is 11.8. The van der Waals surface area contributed by atoms with Gasteiger partial charge < -0.3 is 24.6 Å². The summed E-state index contributed by atoms with van der Waals surface area (Å²) in [6.45, 7) is 14.1. The molecule has 156 valence electrons. The van der Waals surface area contributed by atoms with E-state index in [-0.39, 0.29) is 18.8 Å². The third kappa shape index (κ3) is 7.77. The zero-order valence-electron chi connectivity index (χ0n) is 18.1. The van der Waals surface area contributed by atoms with E-state index in [9.17, 15) is 9.90 Å². The number of methoxy groups -OCH3 is 1. The van der Waals surface area contributed by atoms with Crippen molar-refractivity contribution >= 4 is 5.97 Å². The number of carbonyl (C=O) groups excluding carboxylic acids is 1. The Morgan fingerprint density at radius 2 is 1.89 bits per heavy atom. The molecule has 0 radical (unpaired) electrons. The van der Waals surface area contributed by atoms with Crippen molar-refractivity contribution in [2.24, 2.45) is 0 Å². The van der Waals surface area contributed by atoms with Crippen LogP contribution in [0.4, 0.5) is 0 Å². The molecule has 0 amide bonds. The maximum Gasteiger partial charge on any atom is 0.353 e. The molecule has 0 saturated carbocycles. The number of hydrogen-bond acceptors (Lipinski definition) is 6. The molecule has 3 atom stereocenters. The molecular weight excluding hydrogens is 346 g/mol. The third-order valence-electron chi connectivity index (χ3n) is 3.77. The minimum Gasteiger partial charge on any atom is -0.485 e. The van der Waals surface area contributed by atoms with Crippen LogP contribution in [-0.4, -0.2) is 49.1 Å². The topological polar surface area (TPSA) is 77.0 Å². The van der Waals surface area contributed by atoms with Gasteiger partial charge in [-0.3, -0.25) is 0 Å². The molecular formula is C21H37NO5. The van der Waals surface area contributed by atoms with Crippen LogP contribution in [0.1, 0.15) is 54.0 Å². The van der Waals surface area contributed by atoms with Crippen LogP contribution in [-0.2, 0) is 16.0 Å². The standard InChI is InChI=1S/C17H25NO5.2C2H6/c1-11(18-9-12(2)19)7-13-5-6-14-15(8-13)22-10-17(3,23-14)16(20)21-4;2*1-2/h5-6,8,11-12,18-19H,7,9-10H2,1-4H3;2*1-2H3/t11-,12?,17?;;/m1../s1. The Balaban J connectivity index is 0.00000158. The monoisotopic (exact) mass is 383 g/mol. The van der Waals surface area contributed by atoms with Gasteiger partial charge >= 0.3 is 5.97 Å². The van der Waals surface area contributed by atoms with E-state index in [2.05, 4.69) is 12.2 Å². The van der Waals surface area contributed by atoms with E-state index in [1.165, 1.54) is 7.11 Å². The third-order valence-corrected chi connectivity index (χ3v) is 3.77. The number of aliphatic hydroxyl groups is 1. The number of nitrogens with one attached hydrogen (secondary N) is 1. The molecule has 1 aliphatic heterocycles. The van der Waals surface area contributed by atoms with E-state index in [1.807, 2.05) is 45.9 Å². The van der Waals surface area contributed by atoms with Crippen LogP contribution in [0.25, 0.3) is 0 Å². The van der Waals surface area contributed by atoms with Crippen molar-refractivity contribution in [2.45, 2.75) is 72.6 Å². The van der Waals surface area contributed by atoms with Gasteiger partial charge in [0.05, 0.1) is 13.2 Å². The van der Waals surface area contributed by atoms with E-state index in [0.717, 1.165) is 12.0 Å². The van der Waals surface area contributed by atoms with Crippen LogP contribution in [0, 0.1) is 0 Å². The molecule has 0 spiro atoms. The second kappa shape index (κ2) is 12.6. The SMILES string of the molecule is CC.CC.COC(=O)C1(C)COc2cc(C[C@@H](C)NCC(C)O)ccc2O1. The van der Waals surface area contributed by atoms with E-state index < -0.39 is 11.6 Å². The van der Waals surface area contributed by atoms with Crippen LogP contribution in [0.2, 0.25) is 0 Å². The molecule has 1 aliphatic rings. The quantitative estimate of drug-likeness (QED) is 0.734. The van der Waals surface area contributed by atoms with E-state index >= 15 is 0 Å².